The third kappa shape index (κ3) is 4.77. The van der Waals surface area contributed by atoms with Crippen LogP contribution in [0.3, 0.4) is 0 Å². The largest absolute Gasteiger partial charge is 0.270 e. The maximum atomic E-state index is 12.7. The molecule has 134 valence electrons. The number of rotatable bonds is 6. The zero-order valence-corrected chi connectivity index (χ0v) is 15.8. The lowest BCUT2D eigenvalue weighted by Crippen LogP contribution is -2.14. The molecule has 0 saturated heterocycles. The fourth-order valence-corrected chi connectivity index (χ4v) is 4.84. The number of benzene rings is 2. The second-order valence-electron chi connectivity index (χ2n) is 6.35. The van der Waals surface area contributed by atoms with E-state index in [1.165, 1.54) is 11.1 Å². The maximum absolute atomic E-state index is 12.7. The molecule has 0 saturated carbocycles. The van der Waals surface area contributed by atoms with Crippen LogP contribution in [0.1, 0.15) is 36.3 Å². The van der Waals surface area contributed by atoms with Gasteiger partial charge in [-0.3, -0.25) is 4.18 Å². The van der Waals surface area contributed by atoms with E-state index in [2.05, 4.69) is 6.07 Å². The van der Waals surface area contributed by atoms with Gasteiger partial charge in [-0.15, -0.1) is 0 Å². The van der Waals surface area contributed by atoms with Crippen molar-refractivity contribution in [3.05, 3.63) is 59.7 Å². The van der Waals surface area contributed by atoms with Gasteiger partial charge in [0, 0.05) is 9.79 Å². The van der Waals surface area contributed by atoms with Gasteiger partial charge in [-0.1, -0.05) is 24.3 Å². The molecule has 2 unspecified atom stereocenters. The Balaban J connectivity index is 1.77. The molecule has 25 heavy (non-hydrogen) atoms. The topological polar surface area (TPSA) is 60.4 Å². The molecule has 0 radical (unpaired) electrons. The summed E-state index contributed by atoms with van der Waals surface area (Å²) < 4.78 is 39.8. The standard InChI is InChI=1S/C19H22O4S2/c1-25(21,22)23-13-12-15-6-5-7-16-14-18(10-11-19(15)16)24(20)17-8-3-2-4-9-17/h2-4,8-11,14-15H,5-7,12-13H2,1H3. The third-order valence-corrected chi connectivity index (χ3v) is 6.47. The molecule has 0 spiro atoms. The van der Waals surface area contributed by atoms with Crippen LogP contribution in [0, 0.1) is 0 Å². The summed E-state index contributed by atoms with van der Waals surface area (Å²) in [6.07, 6.45) is 4.81. The molecule has 0 N–H and O–H groups in total. The second-order valence-corrected chi connectivity index (χ2v) is 9.47. The lowest BCUT2D eigenvalue weighted by Gasteiger charge is -2.26. The highest BCUT2D eigenvalue weighted by Crippen LogP contribution is 2.35. The molecular formula is C19H22O4S2. The van der Waals surface area contributed by atoms with Crippen LogP contribution in [0.25, 0.3) is 0 Å². The van der Waals surface area contributed by atoms with Gasteiger partial charge in [0.05, 0.1) is 23.7 Å². The zero-order valence-electron chi connectivity index (χ0n) is 14.2. The maximum Gasteiger partial charge on any atom is 0.264 e. The van der Waals surface area contributed by atoms with Crippen molar-refractivity contribution >= 4 is 20.9 Å². The van der Waals surface area contributed by atoms with Crippen LogP contribution in [-0.2, 0) is 31.5 Å². The predicted octanol–water partition coefficient (Wildman–Crippen LogP) is 3.64. The first-order valence-electron chi connectivity index (χ1n) is 8.38. The molecule has 0 fully saturated rings. The number of hydrogen-bond donors (Lipinski definition) is 0. The van der Waals surface area contributed by atoms with Gasteiger partial charge in [-0.2, -0.15) is 8.42 Å². The molecule has 4 nitrogen and oxygen atoms in total. The van der Waals surface area contributed by atoms with Crippen molar-refractivity contribution in [2.75, 3.05) is 12.9 Å². The van der Waals surface area contributed by atoms with E-state index < -0.39 is 20.9 Å². The fraction of sp³-hybridized carbons (Fsp3) is 0.368. The Morgan fingerprint density at radius 1 is 1.12 bits per heavy atom. The second kappa shape index (κ2) is 7.81. The van der Waals surface area contributed by atoms with Gasteiger partial charge in [-0.05, 0) is 67.0 Å². The molecule has 0 aliphatic heterocycles. The van der Waals surface area contributed by atoms with Gasteiger partial charge in [0.1, 0.15) is 0 Å². The molecule has 2 aromatic rings. The molecule has 2 aromatic carbocycles. The van der Waals surface area contributed by atoms with Crippen LogP contribution in [-0.4, -0.2) is 25.5 Å². The summed E-state index contributed by atoms with van der Waals surface area (Å²) in [5.41, 5.74) is 2.45. The molecule has 1 aliphatic carbocycles. The summed E-state index contributed by atoms with van der Waals surface area (Å²) >= 11 is 0. The Morgan fingerprint density at radius 2 is 1.88 bits per heavy atom. The summed E-state index contributed by atoms with van der Waals surface area (Å²) in [5.74, 6) is 0.296. The summed E-state index contributed by atoms with van der Waals surface area (Å²) in [5, 5.41) is 0. The van der Waals surface area contributed by atoms with Crippen LogP contribution in [0.15, 0.2) is 58.3 Å². The molecule has 0 amide bonds. The SMILES string of the molecule is CS(=O)(=O)OCCC1CCCc2cc(S(=O)c3ccccc3)ccc21. The highest BCUT2D eigenvalue weighted by Gasteiger charge is 2.22. The number of fused-ring (bicyclic) bond motifs is 1. The van der Waals surface area contributed by atoms with E-state index in [9.17, 15) is 12.6 Å². The quantitative estimate of drug-likeness (QED) is 0.720. The van der Waals surface area contributed by atoms with Crippen LogP contribution in [0.2, 0.25) is 0 Å². The Labute approximate surface area is 151 Å². The Bertz CT molecular complexity index is 860. The van der Waals surface area contributed by atoms with E-state index >= 15 is 0 Å². The van der Waals surface area contributed by atoms with E-state index in [1.54, 1.807) is 0 Å². The Morgan fingerprint density at radius 3 is 2.60 bits per heavy atom. The summed E-state index contributed by atoms with van der Waals surface area (Å²) in [6.45, 7) is 0.209. The minimum absolute atomic E-state index is 0.209. The lowest BCUT2D eigenvalue weighted by molar-refractivity contribution is 0.296. The Hall–Kier alpha value is -1.50. The van der Waals surface area contributed by atoms with Crippen LogP contribution in [0.5, 0.6) is 0 Å². The average molecular weight is 379 g/mol. The van der Waals surface area contributed by atoms with Gasteiger partial charge in [0.2, 0.25) is 0 Å². The zero-order chi connectivity index (χ0) is 17.9. The van der Waals surface area contributed by atoms with Gasteiger partial charge in [-0.25, -0.2) is 4.21 Å². The minimum Gasteiger partial charge on any atom is -0.270 e. The normalized spacial score (nSPS) is 18.5. The molecule has 1 aliphatic rings. The van der Waals surface area contributed by atoms with E-state index in [-0.39, 0.29) is 6.61 Å². The van der Waals surface area contributed by atoms with Crippen molar-refractivity contribution in [1.29, 1.82) is 0 Å². The van der Waals surface area contributed by atoms with E-state index in [0.29, 0.717) is 12.3 Å². The first-order valence-corrected chi connectivity index (χ1v) is 11.3. The van der Waals surface area contributed by atoms with E-state index in [1.807, 2.05) is 42.5 Å². The smallest absolute Gasteiger partial charge is 0.264 e. The lowest BCUT2D eigenvalue weighted by atomic mass is 9.81. The highest BCUT2D eigenvalue weighted by atomic mass is 32.2. The van der Waals surface area contributed by atoms with E-state index in [0.717, 1.165) is 35.3 Å². The van der Waals surface area contributed by atoms with Crippen molar-refractivity contribution in [2.45, 2.75) is 41.4 Å². The van der Waals surface area contributed by atoms with Crippen LogP contribution < -0.4 is 0 Å². The molecule has 0 heterocycles. The van der Waals surface area contributed by atoms with Crippen LogP contribution >= 0.6 is 0 Å². The molecular weight excluding hydrogens is 356 g/mol. The van der Waals surface area contributed by atoms with Crippen molar-refractivity contribution in [2.24, 2.45) is 0 Å². The minimum atomic E-state index is -3.39. The van der Waals surface area contributed by atoms with Gasteiger partial charge in [0.15, 0.2) is 0 Å². The van der Waals surface area contributed by atoms with Gasteiger partial charge in [0.25, 0.3) is 10.1 Å². The van der Waals surface area contributed by atoms with Crippen molar-refractivity contribution in [3.63, 3.8) is 0 Å². The monoisotopic (exact) mass is 378 g/mol. The molecule has 3 rings (SSSR count). The summed E-state index contributed by atoms with van der Waals surface area (Å²) in [7, 11) is -4.57. The predicted molar refractivity (Wildman–Crippen MR) is 98.7 cm³/mol. The molecule has 0 bridgehead atoms. The first kappa shape index (κ1) is 18.3. The number of hydrogen-bond acceptors (Lipinski definition) is 4. The fourth-order valence-electron chi connectivity index (χ4n) is 3.33. The molecule has 2 atom stereocenters. The third-order valence-electron chi connectivity index (χ3n) is 4.49. The Kier molecular flexibility index (Phi) is 5.71. The summed E-state index contributed by atoms with van der Waals surface area (Å²) in [6, 6.07) is 15.5. The van der Waals surface area contributed by atoms with E-state index in [4.69, 9.17) is 4.18 Å². The molecule has 6 heteroatoms. The van der Waals surface area contributed by atoms with Crippen molar-refractivity contribution < 1.29 is 16.8 Å². The average Bonchev–Trinajstić information content (AvgIpc) is 2.60. The van der Waals surface area contributed by atoms with Gasteiger partial charge < -0.3 is 0 Å². The first-order chi connectivity index (χ1) is 11.9. The van der Waals surface area contributed by atoms with Crippen molar-refractivity contribution in [1.82, 2.24) is 0 Å². The highest BCUT2D eigenvalue weighted by molar-refractivity contribution is 7.86. The van der Waals surface area contributed by atoms with Gasteiger partial charge >= 0.3 is 0 Å². The number of aryl methyl sites for hydroxylation is 1. The summed E-state index contributed by atoms with van der Waals surface area (Å²) in [4.78, 5) is 1.62. The van der Waals surface area contributed by atoms with Crippen LogP contribution in [0.4, 0.5) is 0 Å². The molecule has 0 aromatic heterocycles. The van der Waals surface area contributed by atoms with Crippen molar-refractivity contribution in [3.8, 4) is 0 Å².